The average molecular weight is 445 g/mol. The third-order valence-electron chi connectivity index (χ3n) is 4.78. The average Bonchev–Trinajstić information content (AvgIpc) is 3.38. The van der Waals surface area contributed by atoms with Crippen LogP contribution in [0.3, 0.4) is 0 Å². The fourth-order valence-electron chi connectivity index (χ4n) is 3.38. The lowest BCUT2D eigenvalue weighted by Gasteiger charge is -2.28. The number of nitrogens with one attached hydrogen (secondary N) is 1. The maximum Gasteiger partial charge on any atom is 0.236 e. The fourth-order valence-corrected chi connectivity index (χ4v) is 4.82. The van der Waals surface area contributed by atoms with E-state index in [9.17, 15) is 4.79 Å². The number of carbonyl (C=O) groups excluding carboxylic acids is 1. The van der Waals surface area contributed by atoms with Crippen molar-refractivity contribution in [3.63, 3.8) is 0 Å². The van der Waals surface area contributed by atoms with Gasteiger partial charge in [0.05, 0.1) is 24.2 Å². The molecule has 0 saturated carbocycles. The third-order valence-corrected chi connectivity index (χ3v) is 6.58. The van der Waals surface area contributed by atoms with E-state index in [1.807, 2.05) is 41.1 Å². The summed E-state index contributed by atoms with van der Waals surface area (Å²) in [6, 6.07) is 7.80. The van der Waals surface area contributed by atoms with Crippen LogP contribution in [-0.4, -0.2) is 51.6 Å². The highest BCUT2D eigenvalue weighted by Crippen LogP contribution is 2.32. The number of amides is 1. The van der Waals surface area contributed by atoms with Gasteiger partial charge in [-0.2, -0.15) is 0 Å². The third kappa shape index (κ3) is 4.59. The first-order valence-electron chi connectivity index (χ1n) is 9.84. The maximum absolute atomic E-state index is 12.4. The molecule has 1 aliphatic heterocycles. The van der Waals surface area contributed by atoms with Gasteiger partial charge in [-0.1, -0.05) is 23.9 Å². The van der Waals surface area contributed by atoms with E-state index in [1.54, 1.807) is 7.11 Å². The Labute approximate surface area is 183 Å². The maximum atomic E-state index is 12.4. The molecule has 3 aromatic rings. The van der Waals surface area contributed by atoms with Crippen LogP contribution in [0.2, 0.25) is 0 Å². The molecule has 1 aliphatic rings. The quantitative estimate of drug-likeness (QED) is 0.555. The molecule has 1 aromatic carbocycles. The van der Waals surface area contributed by atoms with Crippen molar-refractivity contribution in [2.75, 3.05) is 36.2 Å². The zero-order valence-electron chi connectivity index (χ0n) is 17.0. The van der Waals surface area contributed by atoms with E-state index in [0.717, 1.165) is 49.0 Å². The lowest BCUT2D eigenvalue weighted by Crippen LogP contribution is -2.31. The lowest BCUT2D eigenvalue weighted by molar-refractivity contribution is -0.113. The van der Waals surface area contributed by atoms with Crippen molar-refractivity contribution in [3.05, 3.63) is 35.3 Å². The Kier molecular flexibility index (Phi) is 6.53. The van der Waals surface area contributed by atoms with Gasteiger partial charge in [0.25, 0.3) is 0 Å². The minimum atomic E-state index is -0.122. The number of anilines is 2. The molecule has 30 heavy (non-hydrogen) atoms. The zero-order valence-corrected chi connectivity index (χ0v) is 18.6. The van der Waals surface area contributed by atoms with Crippen molar-refractivity contribution in [2.45, 2.75) is 31.3 Å². The Morgan fingerprint density at radius 3 is 2.77 bits per heavy atom. The smallest absolute Gasteiger partial charge is 0.236 e. The Morgan fingerprint density at radius 1 is 1.23 bits per heavy atom. The van der Waals surface area contributed by atoms with Crippen LogP contribution in [0.5, 0.6) is 5.75 Å². The molecule has 8 nitrogen and oxygen atoms in total. The van der Waals surface area contributed by atoms with E-state index in [0.29, 0.717) is 10.3 Å². The molecule has 0 unspecified atom stereocenters. The summed E-state index contributed by atoms with van der Waals surface area (Å²) in [6.07, 6.45) is 3.51. The number of benzene rings is 1. The molecule has 2 aromatic heterocycles. The van der Waals surface area contributed by atoms with E-state index in [4.69, 9.17) is 4.74 Å². The molecule has 158 valence electrons. The SMILES string of the molecule is COc1ccccc1-n1c(SCC(=O)Nc2nc(C)cs2)nnc1N1CCCCC1. The number of aromatic nitrogens is 4. The molecule has 1 N–H and O–H groups in total. The van der Waals surface area contributed by atoms with Crippen LogP contribution in [0.1, 0.15) is 25.0 Å². The van der Waals surface area contributed by atoms with Gasteiger partial charge in [0, 0.05) is 18.5 Å². The molecule has 3 heterocycles. The summed E-state index contributed by atoms with van der Waals surface area (Å²) >= 11 is 2.77. The van der Waals surface area contributed by atoms with Crippen LogP contribution in [-0.2, 0) is 4.79 Å². The predicted octanol–water partition coefficient (Wildman–Crippen LogP) is 3.76. The summed E-state index contributed by atoms with van der Waals surface area (Å²) in [5, 5.41) is 14.9. The molecule has 1 fully saturated rings. The predicted molar refractivity (Wildman–Crippen MR) is 120 cm³/mol. The highest BCUT2D eigenvalue weighted by atomic mass is 32.2. The van der Waals surface area contributed by atoms with Crippen molar-refractivity contribution in [1.29, 1.82) is 0 Å². The monoisotopic (exact) mass is 444 g/mol. The topological polar surface area (TPSA) is 85.2 Å². The Morgan fingerprint density at radius 2 is 2.03 bits per heavy atom. The normalized spacial score (nSPS) is 14.0. The van der Waals surface area contributed by atoms with Crippen molar-refractivity contribution in [1.82, 2.24) is 19.7 Å². The number of rotatable bonds is 7. The second-order valence-corrected chi connectivity index (χ2v) is 8.77. The molecule has 4 rings (SSSR count). The van der Waals surface area contributed by atoms with Gasteiger partial charge in [-0.3, -0.25) is 9.36 Å². The van der Waals surface area contributed by atoms with Crippen LogP contribution in [0, 0.1) is 6.92 Å². The molecule has 0 aliphatic carbocycles. The van der Waals surface area contributed by atoms with Crippen LogP contribution in [0.4, 0.5) is 11.1 Å². The van der Waals surface area contributed by atoms with Gasteiger partial charge in [0.2, 0.25) is 11.9 Å². The number of ether oxygens (including phenoxy) is 1. The zero-order chi connectivity index (χ0) is 20.9. The summed E-state index contributed by atoms with van der Waals surface area (Å²) in [7, 11) is 1.65. The molecular weight excluding hydrogens is 420 g/mol. The van der Waals surface area contributed by atoms with E-state index < -0.39 is 0 Å². The van der Waals surface area contributed by atoms with E-state index >= 15 is 0 Å². The van der Waals surface area contributed by atoms with Gasteiger partial charge < -0.3 is 15.0 Å². The summed E-state index contributed by atoms with van der Waals surface area (Å²) in [6.45, 7) is 3.79. The molecule has 10 heteroatoms. The molecule has 0 radical (unpaired) electrons. The minimum Gasteiger partial charge on any atom is -0.495 e. The van der Waals surface area contributed by atoms with Gasteiger partial charge in [-0.25, -0.2) is 4.98 Å². The van der Waals surface area contributed by atoms with Crippen molar-refractivity contribution in [3.8, 4) is 11.4 Å². The first-order valence-corrected chi connectivity index (χ1v) is 11.7. The standard InChI is InChI=1S/C20H24N6O2S2/c1-14-12-29-18(21-14)22-17(27)13-30-20-24-23-19(25-10-6-3-7-11-25)26(20)15-8-4-5-9-16(15)28-2/h4-5,8-9,12H,3,6-7,10-11,13H2,1-2H3,(H,21,22,27). The highest BCUT2D eigenvalue weighted by molar-refractivity contribution is 7.99. The second-order valence-electron chi connectivity index (χ2n) is 6.97. The van der Waals surface area contributed by atoms with Crippen molar-refractivity contribution in [2.24, 2.45) is 0 Å². The number of aryl methyl sites for hydroxylation is 1. The number of hydrogen-bond donors (Lipinski definition) is 1. The largest absolute Gasteiger partial charge is 0.495 e. The van der Waals surface area contributed by atoms with Gasteiger partial charge in [-0.15, -0.1) is 21.5 Å². The number of methoxy groups -OCH3 is 1. The Balaban J connectivity index is 1.59. The Hall–Kier alpha value is -2.59. The Bertz CT molecular complexity index is 1010. The van der Waals surface area contributed by atoms with Gasteiger partial charge >= 0.3 is 0 Å². The van der Waals surface area contributed by atoms with Gasteiger partial charge in [0.15, 0.2) is 10.3 Å². The minimum absolute atomic E-state index is 0.122. The molecule has 1 saturated heterocycles. The first-order chi connectivity index (χ1) is 14.7. The lowest BCUT2D eigenvalue weighted by atomic mass is 10.1. The summed E-state index contributed by atoms with van der Waals surface area (Å²) in [5.74, 6) is 1.62. The van der Waals surface area contributed by atoms with E-state index in [-0.39, 0.29) is 11.7 Å². The number of piperidine rings is 1. The van der Waals surface area contributed by atoms with Crippen LogP contribution in [0.15, 0.2) is 34.8 Å². The molecule has 1 amide bonds. The van der Waals surface area contributed by atoms with E-state index in [2.05, 4.69) is 25.4 Å². The van der Waals surface area contributed by atoms with Gasteiger partial charge in [-0.05, 0) is 38.3 Å². The summed E-state index contributed by atoms with van der Waals surface area (Å²) in [4.78, 5) is 19.0. The van der Waals surface area contributed by atoms with Crippen LogP contribution >= 0.6 is 23.1 Å². The van der Waals surface area contributed by atoms with Crippen molar-refractivity contribution >= 4 is 40.1 Å². The molecule has 0 bridgehead atoms. The molecule has 0 spiro atoms. The van der Waals surface area contributed by atoms with Crippen LogP contribution in [0.25, 0.3) is 5.69 Å². The summed E-state index contributed by atoms with van der Waals surface area (Å²) < 4.78 is 7.58. The second kappa shape index (κ2) is 9.48. The number of thiazole rings is 1. The molecular formula is C20H24N6O2S2. The summed E-state index contributed by atoms with van der Waals surface area (Å²) in [5.41, 5.74) is 1.76. The number of nitrogens with zero attached hydrogens (tertiary/aromatic N) is 5. The number of hydrogen-bond acceptors (Lipinski definition) is 8. The van der Waals surface area contributed by atoms with Gasteiger partial charge in [0.1, 0.15) is 5.75 Å². The molecule has 0 atom stereocenters. The number of thioether (sulfide) groups is 1. The van der Waals surface area contributed by atoms with Crippen LogP contribution < -0.4 is 15.0 Å². The fraction of sp³-hybridized carbons (Fsp3) is 0.400. The van der Waals surface area contributed by atoms with E-state index in [1.165, 1.54) is 29.5 Å². The number of para-hydroxylation sites is 2. The first kappa shape index (κ1) is 20.7. The highest BCUT2D eigenvalue weighted by Gasteiger charge is 2.23. The number of carbonyl (C=O) groups is 1. The van der Waals surface area contributed by atoms with Crippen molar-refractivity contribution < 1.29 is 9.53 Å².